The molecule has 5 nitrogen and oxygen atoms in total. The Morgan fingerprint density at radius 2 is 1.73 bits per heavy atom. The van der Waals surface area contributed by atoms with E-state index in [-0.39, 0.29) is 12.2 Å². The molecular formula is C26H28Cl2O5. The summed E-state index contributed by atoms with van der Waals surface area (Å²) in [4.78, 5) is 24.3. The number of carbonyl (C=O) groups excluding carboxylic acids is 1. The second-order valence-electron chi connectivity index (χ2n) is 8.12. The minimum absolute atomic E-state index is 0.178. The number of carboxylic acid groups (broad SMARTS) is 1. The van der Waals surface area contributed by atoms with Gasteiger partial charge in [-0.1, -0.05) is 74.0 Å². The van der Waals surface area contributed by atoms with E-state index in [0.717, 1.165) is 32.1 Å². The average molecular weight is 491 g/mol. The molecule has 1 aliphatic heterocycles. The van der Waals surface area contributed by atoms with Crippen molar-refractivity contribution in [3.63, 3.8) is 0 Å². The molecule has 2 atom stereocenters. The van der Waals surface area contributed by atoms with Crippen LogP contribution in [0.2, 0.25) is 10.0 Å². The molecule has 7 heteroatoms. The standard InChI is InChI=1S/C26H28Cl2O5/c1-2-3-4-5-6-10-23-24(25(29)30)19(26(31)33-23)15-17-11-13-18(14-12-17)32-16-20-21(27)8-7-9-22(20)28/h7-9,11-15,23-24H,2-6,10,16H2,1H3,(H,29,30)/b19-15+. The van der Waals surface area contributed by atoms with E-state index >= 15 is 0 Å². The number of hydrogen-bond acceptors (Lipinski definition) is 4. The van der Waals surface area contributed by atoms with Gasteiger partial charge in [0.2, 0.25) is 0 Å². The number of aliphatic carboxylic acids is 1. The monoisotopic (exact) mass is 490 g/mol. The van der Waals surface area contributed by atoms with E-state index in [4.69, 9.17) is 32.7 Å². The van der Waals surface area contributed by atoms with Crippen LogP contribution in [-0.2, 0) is 20.9 Å². The second kappa shape index (κ2) is 12.1. The van der Waals surface area contributed by atoms with Gasteiger partial charge in [0.05, 0.1) is 5.57 Å². The Kier molecular flexibility index (Phi) is 9.21. The van der Waals surface area contributed by atoms with Gasteiger partial charge in [-0.3, -0.25) is 4.79 Å². The van der Waals surface area contributed by atoms with Gasteiger partial charge in [0.25, 0.3) is 0 Å². The number of benzene rings is 2. The number of carbonyl (C=O) groups is 2. The van der Waals surface area contributed by atoms with Crippen LogP contribution in [0, 0.1) is 5.92 Å². The first kappa shape index (κ1) is 25.1. The summed E-state index contributed by atoms with van der Waals surface area (Å²) >= 11 is 12.3. The van der Waals surface area contributed by atoms with Crippen LogP contribution in [0.25, 0.3) is 6.08 Å². The molecule has 176 valence electrons. The summed E-state index contributed by atoms with van der Waals surface area (Å²) in [6.45, 7) is 2.36. The van der Waals surface area contributed by atoms with Gasteiger partial charge in [-0.15, -0.1) is 0 Å². The van der Waals surface area contributed by atoms with E-state index in [1.807, 2.05) is 0 Å². The van der Waals surface area contributed by atoms with E-state index in [9.17, 15) is 14.7 Å². The number of halogens is 2. The molecule has 1 fully saturated rings. The predicted octanol–water partition coefficient (Wildman–Crippen LogP) is 6.94. The highest BCUT2D eigenvalue weighted by Gasteiger charge is 2.44. The Morgan fingerprint density at radius 3 is 2.36 bits per heavy atom. The first-order valence-corrected chi connectivity index (χ1v) is 12.0. The molecule has 0 bridgehead atoms. The highest BCUT2D eigenvalue weighted by molar-refractivity contribution is 6.35. The molecule has 2 unspecified atom stereocenters. The fourth-order valence-corrected chi connectivity index (χ4v) is 4.39. The summed E-state index contributed by atoms with van der Waals surface area (Å²) in [7, 11) is 0. The van der Waals surface area contributed by atoms with Crippen LogP contribution in [0.1, 0.15) is 56.6 Å². The van der Waals surface area contributed by atoms with Crippen LogP contribution >= 0.6 is 23.2 Å². The number of esters is 1. The van der Waals surface area contributed by atoms with Crippen molar-refractivity contribution in [1.29, 1.82) is 0 Å². The Hall–Kier alpha value is -2.50. The molecule has 0 aromatic heterocycles. The molecule has 2 aromatic carbocycles. The van der Waals surface area contributed by atoms with Crippen molar-refractivity contribution in [2.75, 3.05) is 0 Å². The number of cyclic esters (lactones) is 1. The predicted molar refractivity (Wildman–Crippen MR) is 130 cm³/mol. The summed E-state index contributed by atoms with van der Waals surface area (Å²) in [5, 5.41) is 10.8. The Bertz CT molecular complexity index is 980. The maximum Gasteiger partial charge on any atom is 0.335 e. The van der Waals surface area contributed by atoms with E-state index in [0.29, 0.717) is 33.3 Å². The summed E-state index contributed by atoms with van der Waals surface area (Å²) in [5.74, 6) is -1.96. The molecule has 0 amide bonds. The smallest absolute Gasteiger partial charge is 0.335 e. The summed E-state index contributed by atoms with van der Waals surface area (Å²) < 4.78 is 11.2. The Morgan fingerprint density at radius 1 is 1.06 bits per heavy atom. The van der Waals surface area contributed by atoms with Crippen LogP contribution in [0.3, 0.4) is 0 Å². The third-order valence-corrected chi connectivity index (χ3v) is 6.41. The van der Waals surface area contributed by atoms with Crippen molar-refractivity contribution in [3.8, 4) is 5.75 Å². The topological polar surface area (TPSA) is 72.8 Å². The van der Waals surface area contributed by atoms with Crippen LogP contribution < -0.4 is 4.74 Å². The van der Waals surface area contributed by atoms with Gasteiger partial charge >= 0.3 is 11.9 Å². The highest BCUT2D eigenvalue weighted by Crippen LogP contribution is 2.33. The molecule has 3 rings (SSSR count). The number of ether oxygens (including phenoxy) is 2. The quantitative estimate of drug-likeness (QED) is 0.209. The van der Waals surface area contributed by atoms with Gasteiger partial charge in [-0.2, -0.15) is 0 Å². The zero-order valence-electron chi connectivity index (χ0n) is 18.6. The van der Waals surface area contributed by atoms with Gasteiger partial charge in [0.15, 0.2) is 0 Å². The molecule has 0 aliphatic carbocycles. The molecule has 1 saturated heterocycles. The molecule has 1 N–H and O–H groups in total. The maximum atomic E-state index is 12.4. The Balaban J connectivity index is 1.65. The zero-order chi connectivity index (χ0) is 23.8. The van der Waals surface area contributed by atoms with E-state index in [1.54, 1.807) is 48.5 Å². The van der Waals surface area contributed by atoms with Gasteiger partial charge in [0, 0.05) is 15.6 Å². The molecule has 33 heavy (non-hydrogen) atoms. The number of rotatable bonds is 11. The first-order valence-electron chi connectivity index (χ1n) is 11.2. The van der Waals surface area contributed by atoms with Crippen molar-refractivity contribution in [2.24, 2.45) is 5.92 Å². The zero-order valence-corrected chi connectivity index (χ0v) is 20.1. The molecule has 1 heterocycles. The molecule has 0 radical (unpaired) electrons. The van der Waals surface area contributed by atoms with Crippen LogP contribution in [0.4, 0.5) is 0 Å². The number of hydrogen-bond donors (Lipinski definition) is 1. The minimum atomic E-state index is -1.04. The molecule has 0 saturated carbocycles. The number of carboxylic acids is 1. The van der Waals surface area contributed by atoms with Gasteiger partial charge in [0.1, 0.15) is 24.4 Å². The van der Waals surface area contributed by atoms with E-state index < -0.39 is 24.0 Å². The van der Waals surface area contributed by atoms with Crippen LogP contribution in [0.15, 0.2) is 48.0 Å². The Labute approximate surface area is 204 Å². The lowest BCUT2D eigenvalue weighted by Crippen LogP contribution is -2.25. The third kappa shape index (κ3) is 6.75. The maximum absolute atomic E-state index is 12.4. The molecular weight excluding hydrogens is 463 g/mol. The van der Waals surface area contributed by atoms with Crippen LogP contribution in [-0.4, -0.2) is 23.1 Å². The van der Waals surface area contributed by atoms with Crippen molar-refractivity contribution < 1.29 is 24.2 Å². The normalized spacial score (nSPS) is 19.0. The highest BCUT2D eigenvalue weighted by atomic mass is 35.5. The van der Waals surface area contributed by atoms with Gasteiger partial charge in [-0.25, -0.2) is 4.79 Å². The minimum Gasteiger partial charge on any atom is -0.489 e. The largest absolute Gasteiger partial charge is 0.489 e. The summed E-state index contributed by atoms with van der Waals surface area (Å²) in [5.41, 5.74) is 1.57. The first-order chi connectivity index (χ1) is 15.9. The van der Waals surface area contributed by atoms with Crippen molar-refractivity contribution in [2.45, 2.75) is 58.2 Å². The SMILES string of the molecule is CCCCCCCC1OC(=O)/C(=C/c2ccc(OCc3c(Cl)cccc3Cl)cc2)C1C(=O)O. The summed E-state index contributed by atoms with van der Waals surface area (Å²) in [6, 6.07) is 12.3. The fourth-order valence-electron chi connectivity index (χ4n) is 3.88. The third-order valence-electron chi connectivity index (χ3n) is 5.71. The van der Waals surface area contributed by atoms with Crippen molar-refractivity contribution in [1.82, 2.24) is 0 Å². The van der Waals surface area contributed by atoms with Crippen molar-refractivity contribution in [3.05, 3.63) is 69.2 Å². The van der Waals surface area contributed by atoms with E-state index in [2.05, 4.69) is 6.92 Å². The second-order valence-corrected chi connectivity index (χ2v) is 8.93. The summed E-state index contributed by atoms with van der Waals surface area (Å²) in [6.07, 6.45) is 6.78. The average Bonchev–Trinajstić information content (AvgIpc) is 3.09. The van der Waals surface area contributed by atoms with Crippen LogP contribution in [0.5, 0.6) is 5.75 Å². The molecule has 0 spiro atoms. The molecule has 2 aromatic rings. The lowest BCUT2D eigenvalue weighted by molar-refractivity contribution is -0.144. The van der Waals surface area contributed by atoms with E-state index in [1.165, 1.54) is 0 Å². The number of unbranched alkanes of at least 4 members (excludes halogenated alkanes) is 4. The molecule has 1 aliphatic rings. The lowest BCUT2D eigenvalue weighted by atomic mass is 9.91. The van der Waals surface area contributed by atoms with Crippen molar-refractivity contribution >= 4 is 41.2 Å². The van der Waals surface area contributed by atoms with Gasteiger partial charge in [-0.05, 0) is 48.7 Å². The fraction of sp³-hybridized carbons (Fsp3) is 0.385. The lowest BCUT2D eigenvalue weighted by Gasteiger charge is -2.14. The van der Waals surface area contributed by atoms with Gasteiger partial charge < -0.3 is 14.6 Å².